The SMILES string of the molecule is CC(c1cccc(C(F)(F)F)c1)n1cc(Br)cn1. The number of aromatic nitrogens is 2. The average molecular weight is 319 g/mol. The molecule has 0 aliphatic carbocycles. The van der Waals surface area contributed by atoms with Crippen molar-refractivity contribution in [3.63, 3.8) is 0 Å². The summed E-state index contributed by atoms with van der Waals surface area (Å²) in [5, 5.41) is 4.07. The van der Waals surface area contributed by atoms with Gasteiger partial charge in [-0.15, -0.1) is 0 Å². The normalized spacial score (nSPS) is 13.6. The largest absolute Gasteiger partial charge is 0.416 e. The maximum Gasteiger partial charge on any atom is 0.416 e. The highest BCUT2D eigenvalue weighted by Crippen LogP contribution is 2.31. The molecule has 0 spiro atoms. The summed E-state index contributed by atoms with van der Waals surface area (Å²) in [6, 6.07) is 5.04. The predicted octanol–water partition coefficient (Wildman–Crippen LogP) is 4.27. The molecule has 0 bridgehead atoms. The van der Waals surface area contributed by atoms with Gasteiger partial charge in [-0.1, -0.05) is 12.1 Å². The van der Waals surface area contributed by atoms with Gasteiger partial charge >= 0.3 is 6.18 Å². The Kier molecular flexibility index (Phi) is 3.47. The molecule has 2 aromatic rings. The van der Waals surface area contributed by atoms with Crippen LogP contribution < -0.4 is 0 Å². The molecule has 96 valence electrons. The fourth-order valence-electron chi connectivity index (χ4n) is 1.65. The monoisotopic (exact) mass is 318 g/mol. The third-order valence-electron chi connectivity index (χ3n) is 2.66. The fourth-order valence-corrected chi connectivity index (χ4v) is 1.96. The lowest BCUT2D eigenvalue weighted by Crippen LogP contribution is -2.10. The lowest BCUT2D eigenvalue weighted by atomic mass is 10.1. The van der Waals surface area contributed by atoms with Gasteiger partial charge in [0.25, 0.3) is 0 Å². The molecule has 2 nitrogen and oxygen atoms in total. The summed E-state index contributed by atoms with van der Waals surface area (Å²) < 4.78 is 40.2. The number of hydrogen-bond acceptors (Lipinski definition) is 1. The van der Waals surface area contributed by atoms with Crippen molar-refractivity contribution in [2.24, 2.45) is 0 Å². The average Bonchev–Trinajstić information content (AvgIpc) is 2.74. The summed E-state index contributed by atoms with van der Waals surface area (Å²) in [6.45, 7) is 1.80. The summed E-state index contributed by atoms with van der Waals surface area (Å²) in [5.41, 5.74) is -0.0708. The van der Waals surface area contributed by atoms with E-state index in [2.05, 4.69) is 21.0 Å². The second-order valence-electron chi connectivity index (χ2n) is 3.94. The second kappa shape index (κ2) is 4.76. The standard InChI is InChI=1S/C12H10BrF3N2/c1-8(18-7-11(13)6-17-18)9-3-2-4-10(5-9)12(14,15)16/h2-8H,1H3. The Labute approximate surface area is 111 Å². The zero-order valence-electron chi connectivity index (χ0n) is 9.45. The van der Waals surface area contributed by atoms with Crippen molar-refractivity contribution < 1.29 is 13.2 Å². The van der Waals surface area contributed by atoms with Gasteiger partial charge in [0.15, 0.2) is 0 Å². The smallest absolute Gasteiger partial charge is 0.264 e. The third kappa shape index (κ3) is 2.75. The van der Waals surface area contributed by atoms with E-state index in [1.165, 1.54) is 6.07 Å². The van der Waals surface area contributed by atoms with Crippen LogP contribution in [0.2, 0.25) is 0 Å². The summed E-state index contributed by atoms with van der Waals surface area (Å²) in [6.07, 6.45) is -0.991. The van der Waals surface area contributed by atoms with Crippen LogP contribution in [-0.4, -0.2) is 9.78 Å². The van der Waals surface area contributed by atoms with E-state index in [1.807, 2.05) is 0 Å². The van der Waals surface area contributed by atoms with Crippen molar-refractivity contribution in [1.29, 1.82) is 0 Å². The van der Waals surface area contributed by atoms with Crippen molar-refractivity contribution >= 4 is 15.9 Å². The Morgan fingerprint density at radius 3 is 2.61 bits per heavy atom. The van der Waals surface area contributed by atoms with E-state index < -0.39 is 11.7 Å². The van der Waals surface area contributed by atoms with E-state index in [4.69, 9.17) is 0 Å². The molecule has 1 aromatic heterocycles. The molecule has 0 aliphatic rings. The van der Waals surface area contributed by atoms with Crippen LogP contribution >= 0.6 is 15.9 Å². The second-order valence-corrected chi connectivity index (χ2v) is 4.85. The molecule has 1 aromatic carbocycles. The summed E-state index contributed by atoms with van der Waals surface area (Å²) >= 11 is 3.26. The third-order valence-corrected chi connectivity index (χ3v) is 3.07. The van der Waals surface area contributed by atoms with E-state index in [0.29, 0.717) is 5.56 Å². The Balaban J connectivity index is 2.34. The molecule has 0 saturated carbocycles. The molecule has 0 fully saturated rings. The van der Waals surface area contributed by atoms with Crippen molar-refractivity contribution in [3.05, 3.63) is 52.3 Å². The maximum absolute atomic E-state index is 12.6. The highest BCUT2D eigenvalue weighted by molar-refractivity contribution is 9.10. The number of alkyl halides is 3. The van der Waals surface area contributed by atoms with Gasteiger partial charge in [0, 0.05) is 6.20 Å². The van der Waals surface area contributed by atoms with Crippen LogP contribution in [0.4, 0.5) is 13.2 Å². The van der Waals surface area contributed by atoms with Crippen molar-refractivity contribution in [3.8, 4) is 0 Å². The molecule has 1 atom stereocenters. The molecule has 1 heterocycles. The Morgan fingerprint density at radius 2 is 2.06 bits per heavy atom. The van der Waals surface area contributed by atoms with E-state index >= 15 is 0 Å². The topological polar surface area (TPSA) is 17.8 Å². The molecule has 0 saturated heterocycles. The maximum atomic E-state index is 12.6. The Morgan fingerprint density at radius 1 is 1.33 bits per heavy atom. The molecule has 6 heteroatoms. The van der Waals surface area contributed by atoms with Crippen LogP contribution in [0.5, 0.6) is 0 Å². The number of rotatable bonds is 2. The first kappa shape index (κ1) is 13.1. The summed E-state index contributed by atoms with van der Waals surface area (Å²) in [4.78, 5) is 0. The van der Waals surface area contributed by atoms with Crippen molar-refractivity contribution in [2.75, 3.05) is 0 Å². The lowest BCUT2D eigenvalue weighted by Gasteiger charge is -2.14. The molecular formula is C12H10BrF3N2. The van der Waals surface area contributed by atoms with Gasteiger partial charge in [-0.25, -0.2) is 0 Å². The van der Waals surface area contributed by atoms with Gasteiger partial charge in [-0.2, -0.15) is 18.3 Å². The first-order valence-corrected chi connectivity index (χ1v) is 6.04. The highest BCUT2D eigenvalue weighted by Gasteiger charge is 2.30. The highest BCUT2D eigenvalue weighted by atomic mass is 79.9. The molecule has 0 amide bonds. The van der Waals surface area contributed by atoms with Crippen LogP contribution in [0.1, 0.15) is 24.1 Å². The minimum atomic E-state index is -4.32. The van der Waals surface area contributed by atoms with E-state index in [-0.39, 0.29) is 6.04 Å². The zero-order chi connectivity index (χ0) is 13.3. The van der Waals surface area contributed by atoms with Crippen molar-refractivity contribution in [1.82, 2.24) is 9.78 Å². The summed E-state index contributed by atoms with van der Waals surface area (Å²) in [7, 11) is 0. The summed E-state index contributed by atoms with van der Waals surface area (Å²) in [5.74, 6) is 0. The number of nitrogens with zero attached hydrogens (tertiary/aromatic N) is 2. The van der Waals surface area contributed by atoms with Gasteiger partial charge in [-0.05, 0) is 40.5 Å². The number of halogens is 4. The van der Waals surface area contributed by atoms with Crippen LogP contribution in [0, 0.1) is 0 Å². The minimum absolute atomic E-state index is 0.251. The molecular weight excluding hydrogens is 309 g/mol. The molecule has 0 N–H and O–H groups in total. The van der Waals surface area contributed by atoms with Crippen LogP contribution in [0.25, 0.3) is 0 Å². The van der Waals surface area contributed by atoms with Gasteiger partial charge in [-0.3, -0.25) is 4.68 Å². The van der Waals surface area contributed by atoms with E-state index in [0.717, 1.165) is 16.6 Å². The first-order chi connectivity index (χ1) is 8.38. The quantitative estimate of drug-likeness (QED) is 0.808. The molecule has 0 radical (unpaired) electrons. The molecule has 1 unspecified atom stereocenters. The minimum Gasteiger partial charge on any atom is -0.264 e. The Bertz CT molecular complexity index is 548. The molecule has 2 rings (SSSR count). The Hall–Kier alpha value is -1.30. The van der Waals surface area contributed by atoms with Crippen LogP contribution in [0.3, 0.4) is 0 Å². The predicted molar refractivity (Wildman–Crippen MR) is 65.2 cm³/mol. The molecule has 18 heavy (non-hydrogen) atoms. The lowest BCUT2D eigenvalue weighted by molar-refractivity contribution is -0.137. The first-order valence-electron chi connectivity index (χ1n) is 5.25. The van der Waals surface area contributed by atoms with Crippen LogP contribution in [0.15, 0.2) is 41.1 Å². The van der Waals surface area contributed by atoms with Crippen LogP contribution in [-0.2, 0) is 6.18 Å². The number of benzene rings is 1. The van der Waals surface area contributed by atoms with Gasteiger partial charge in [0.1, 0.15) is 0 Å². The van der Waals surface area contributed by atoms with E-state index in [9.17, 15) is 13.2 Å². The van der Waals surface area contributed by atoms with Gasteiger partial charge in [0.05, 0.1) is 22.3 Å². The van der Waals surface area contributed by atoms with E-state index in [1.54, 1.807) is 30.1 Å². The van der Waals surface area contributed by atoms with Gasteiger partial charge < -0.3 is 0 Å². The van der Waals surface area contributed by atoms with Gasteiger partial charge in [0.2, 0.25) is 0 Å². The number of hydrogen-bond donors (Lipinski definition) is 0. The fraction of sp³-hybridized carbons (Fsp3) is 0.250. The molecule has 0 aliphatic heterocycles. The van der Waals surface area contributed by atoms with Crippen molar-refractivity contribution in [2.45, 2.75) is 19.1 Å². The zero-order valence-corrected chi connectivity index (χ0v) is 11.0.